The molecule has 108 valence electrons. The van der Waals surface area contributed by atoms with E-state index in [0.29, 0.717) is 0 Å². The third-order valence-corrected chi connectivity index (χ3v) is 4.15. The van der Waals surface area contributed by atoms with Crippen LogP contribution in [-0.4, -0.2) is 13.0 Å². The summed E-state index contributed by atoms with van der Waals surface area (Å²) in [6, 6.07) is 15.5. The summed E-state index contributed by atoms with van der Waals surface area (Å²) in [6.45, 7) is 0. The van der Waals surface area contributed by atoms with E-state index in [4.69, 9.17) is 4.74 Å². The number of benzene rings is 2. The molecule has 2 aromatic carbocycles. The van der Waals surface area contributed by atoms with Gasteiger partial charge in [-0.3, -0.25) is 4.79 Å². The predicted molar refractivity (Wildman–Crippen MR) is 89.1 cm³/mol. The lowest BCUT2D eigenvalue weighted by molar-refractivity contribution is -0.111. The van der Waals surface area contributed by atoms with Crippen LogP contribution in [0.25, 0.3) is 4.91 Å². The maximum absolute atomic E-state index is 11.9. The van der Waals surface area contributed by atoms with Gasteiger partial charge in [0.15, 0.2) is 0 Å². The Labute approximate surface area is 133 Å². The highest BCUT2D eigenvalue weighted by Gasteiger charge is 2.15. The van der Waals surface area contributed by atoms with Crippen LogP contribution >= 0.6 is 24.2 Å². The van der Waals surface area contributed by atoms with Crippen LogP contribution in [0.2, 0.25) is 0 Å². The van der Waals surface area contributed by atoms with E-state index >= 15 is 0 Å². The van der Waals surface area contributed by atoms with Gasteiger partial charge in [-0.25, -0.2) is 0 Å². The number of hydrogen-bond acceptors (Lipinski definition) is 3. The molecule has 3 rings (SSSR count). The molecule has 0 saturated carbocycles. The second-order valence-electron chi connectivity index (χ2n) is 4.32. The van der Waals surface area contributed by atoms with Crippen molar-refractivity contribution in [3.05, 3.63) is 60.2 Å². The number of carbonyl (C=O) groups is 1. The van der Waals surface area contributed by atoms with E-state index in [1.54, 1.807) is 24.9 Å². The van der Waals surface area contributed by atoms with Gasteiger partial charge < -0.3 is 10.1 Å². The van der Waals surface area contributed by atoms with Crippen molar-refractivity contribution in [3.8, 4) is 5.75 Å². The molecular formula is C16H14ClNO2S. The van der Waals surface area contributed by atoms with Gasteiger partial charge in [0.1, 0.15) is 5.75 Å². The summed E-state index contributed by atoms with van der Waals surface area (Å²) in [6.07, 6.45) is 1.63. The molecule has 1 N–H and O–H groups in total. The summed E-state index contributed by atoms with van der Waals surface area (Å²) >= 11 is 1.59. The van der Waals surface area contributed by atoms with Crippen molar-refractivity contribution in [1.29, 1.82) is 0 Å². The molecule has 0 aromatic heterocycles. The first-order valence-corrected chi connectivity index (χ1v) is 7.02. The standard InChI is InChI=1S/C16H13NO2S.ClH/c1-19-12-8-6-11(7-9-12)15-10-16(18)17-13-4-2-3-5-14(13)20-15;/h2-10H,1H3,(H,17,18);1H. The number of thioether (sulfide) groups is 1. The fourth-order valence-electron chi connectivity index (χ4n) is 1.99. The van der Waals surface area contributed by atoms with Crippen molar-refractivity contribution in [2.24, 2.45) is 0 Å². The van der Waals surface area contributed by atoms with Gasteiger partial charge in [-0.1, -0.05) is 36.0 Å². The minimum absolute atomic E-state index is 0. The SMILES string of the molecule is COc1ccc(C2=CC(=O)Nc3ccccc3S2)cc1.Cl. The number of rotatable bonds is 2. The Morgan fingerprint density at radius 1 is 1.05 bits per heavy atom. The number of amides is 1. The molecular weight excluding hydrogens is 306 g/mol. The zero-order valence-corrected chi connectivity index (χ0v) is 13.0. The lowest BCUT2D eigenvalue weighted by Gasteiger charge is -2.08. The average molecular weight is 320 g/mol. The molecule has 21 heavy (non-hydrogen) atoms. The first-order valence-electron chi connectivity index (χ1n) is 6.20. The van der Waals surface area contributed by atoms with Crippen molar-refractivity contribution in [2.45, 2.75) is 4.90 Å². The first-order chi connectivity index (χ1) is 9.76. The fourth-order valence-corrected chi connectivity index (χ4v) is 3.02. The van der Waals surface area contributed by atoms with Gasteiger partial charge in [-0.05, 0) is 29.8 Å². The number of hydrogen-bond donors (Lipinski definition) is 1. The molecule has 3 nitrogen and oxygen atoms in total. The van der Waals surface area contributed by atoms with E-state index < -0.39 is 0 Å². The molecule has 0 unspecified atom stereocenters. The molecule has 0 radical (unpaired) electrons. The van der Waals surface area contributed by atoms with Gasteiger partial charge in [0.2, 0.25) is 5.91 Å². The van der Waals surface area contributed by atoms with Crippen molar-refractivity contribution >= 4 is 40.7 Å². The molecule has 1 amide bonds. The van der Waals surface area contributed by atoms with Crippen molar-refractivity contribution in [2.75, 3.05) is 12.4 Å². The summed E-state index contributed by atoms with van der Waals surface area (Å²) < 4.78 is 5.15. The van der Waals surface area contributed by atoms with Crippen LogP contribution < -0.4 is 10.1 Å². The fraction of sp³-hybridized carbons (Fsp3) is 0.0625. The summed E-state index contributed by atoms with van der Waals surface area (Å²) in [4.78, 5) is 13.9. The molecule has 0 atom stereocenters. The molecule has 1 aliphatic heterocycles. The lowest BCUT2D eigenvalue weighted by atomic mass is 10.2. The van der Waals surface area contributed by atoms with Crippen LogP contribution in [0.3, 0.4) is 0 Å². The molecule has 0 aliphatic carbocycles. The molecule has 0 spiro atoms. The maximum Gasteiger partial charge on any atom is 0.249 e. The first kappa shape index (κ1) is 15.5. The third-order valence-electron chi connectivity index (χ3n) is 3.00. The Morgan fingerprint density at radius 2 is 1.76 bits per heavy atom. The van der Waals surface area contributed by atoms with Crippen LogP contribution in [0.5, 0.6) is 5.75 Å². The van der Waals surface area contributed by atoms with Gasteiger partial charge in [-0.2, -0.15) is 0 Å². The Bertz CT molecular complexity index is 683. The monoisotopic (exact) mass is 319 g/mol. The van der Waals surface area contributed by atoms with Crippen molar-refractivity contribution in [1.82, 2.24) is 0 Å². The Morgan fingerprint density at radius 3 is 2.48 bits per heavy atom. The van der Waals surface area contributed by atoms with Gasteiger partial charge in [0, 0.05) is 15.9 Å². The average Bonchev–Trinajstić information content (AvgIpc) is 2.65. The molecule has 0 fully saturated rings. The van der Waals surface area contributed by atoms with E-state index in [9.17, 15) is 4.79 Å². The number of nitrogens with one attached hydrogen (secondary N) is 1. The smallest absolute Gasteiger partial charge is 0.249 e. The van der Waals surface area contributed by atoms with Crippen LogP contribution in [0, 0.1) is 0 Å². The molecule has 1 aliphatic rings. The van der Waals surface area contributed by atoms with Crippen molar-refractivity contribution in [3.63, 3.8) is 0 Å². The molecule has 0 saturated heterocycles. The van der Waals surface area contributed by atoms with Gasteiger partial charge in [-0.15, -0.1) is 12.4 Å². The quantitative estimate of drug-likeness (QED) is 0.901. The molecule has 5 heteroatoms. The number of anilines is 1. The van der Waals surface area contributed by atoms with E-state index in [0.717, 1.165) is 26.8 Å². The minimum atomic E-state index is -0.103. The third kappa shape index (κ3) is 3.40. The second-order valence-corrected chi connectivity index (χ2v) is 5.41. The number of para-hydroxylation sites is 1. The summed E-state index contributed by atoms with van der Waals surface area (Å²) in [5.74, 6) is 0.700. The number of carbonyl (C=O) groups excluding carboxylic acids is 1. The van der Waals surface area contributed by atoms with E-state index in [-0.39, 0.29) is 18.3 Å². The highest BCUT2D eigenvalue weighted by atomic mass is 35.5. The summed E-state index contributed by atoms with van der Waals surface area (Å²) in [5, 5.41) is 2.88. The number of ether oxygens (including phenoxy) is 1. The van der Waals surface area contributed by atoms with E-state index in [1.807, 2.05) is 48.5 Å². The van der Waals surface area contributed by atoms with Crippen LogP contribution in [0.15, 0.2) is 59.5 Å². The number of fused-ring (bicyclic) bond motifs is 1. The van der Waals surface area contributed by atoms with Gasteiger partial charge in [0.05, 0.1) is 12.8 Å². The molecule has 2 aromatic rings. The highest BCUT2D eigenvalue weighted by molar-refractivity contribution is 8.08. The largest absolute Gasteiger partial charge is 0.497 e. The number of halogens is 1. The highest BCUT2D eigenvalue weighted by Crippen LogP contribution is 2.40. The Kier molecular flexibility index (Phi) is 4.94. The minimum Gasteiger partial charge on any atom is -0.497 e. The Hall–Kier alpha value is -1.91. The van der Waals surface area contributed by atoms with Gasteiger partial charge >= 0.3 is 0 Å². The van der Waals surface area contributed by atoms with Gasteiger partial charge in [0.25, 0.3) is 0 Å². The van der Waals surface area contributed by atoms with E-state index in [1.165, 1.54) is 0 Å². The second kappa shape index (κ2) is 6.70. The van der Waals surface area contributed by atoms with Crippen LogP contribution in [0.4, 0.5) is 5.69 Å². The molecule has 1 heterocycles. The summed E-state index contributed by atoms with van der Waals surface area (Å²) in [7, 11) is 1.64. The molecule has 0 bridgehead atoms. The van der Waals surface area contributed by atoms with Crippen LogP contribution in [-0.2, 0) is 4.79 Å². The zero-order chi connectivity index (χ0) is 13.9. The summed E-state index contributed by atoms with van der Waals surface area (Å²) in [5.41, 5.74) is 1.85. The topological polar surface area (TPSA) is 38.3 Å². The van der Waals surface area contributed by atoms with E-state index in [2.05, 4.69) is 5.32 Å². The lowest BCUT2D eigenvalue weighted by Crippen LogP contribution is -2.07. The zero-order valence-electron chi connectivity index (χ0n) is 11.3. The number of methoxy groups -OCH3 is 1. The maximum atomic E-state index is 11.9. The predicted octanol–water partition coefficient (Wildman–Crippen LogP) is 4.20. The van der Waals surface area contributed by atoms with Crippen LogP contribution in [0.1, 0.15) is 5.56 Å². The normalized spacial score (nSPS) is 13.2. The van der Waals surface area contributed by atoms with Crippen molar-refractivity contribution < 1.29 is 9.53 Å². The Balaban J connectivity index is 0.00000161.